The highest BCUT2D eigenvalue weighted by molar-refractivity contribution is 5.58. The summed E-state index contributed by atoms with van der Waals surface area (Å²) in [5.74, 6) is -0.368. The van der Waals surface area contributed by atoms with Crippen molar-refractivity contribution in [2.75, 3.05) is 11.9 Å². The minimum Gasteiger partial charge on any atom is -0.477 e. The lowest BCUT2D eigenvalue weighted by atomic mass is 10.2. The zero-order valence-corrected chi connectivity index (χ0v) is 13.7. The maximum atomic E-state index is 13.1. The van der Waals surface area contributed by atoms with Crippen LogP contribution in [0, 0.1) is 6.92 Å². The Kier molecular flexibility index (Phi) is 6.00. The second-order valence-corrected chi connectivity index (χ2v) is 5.41. The number of unbranched alkanes of at least 4 members (excludes halogenated alkanes) is 2. The van der Waals surface area contributed by atoms with Crippen molar-refractivity contribution in [3.05, 3.63) is 41.6 Å². The number of aryl methyl sites for hydroxylation is 1. The maximum absolute atomic E-state index is 13.1. The van der Waals surface area contributed by atoms with Crippen LogP contribution in [0.4, 0.5) is 24.8 Å². The van der Waals surface area contributed by atoms with Gasteiger partial charge >= 0.3 is 6.18 Å². The Balaban J connectivity index is 2.23. The van der Waals surface area contributed by atoms with Gasteiger partial charge in [-0.3, -0.25) is 0 Å². The van der Waals surface area contributed by atoms with E-state index < -0.39 is 17.6 Å². The van der Waals surface area contributed by atoms with E-state index in [9.17, 15) is 13.2 Å². The van der Waals surface area contributed by atoms with Gasteiger partial charge in [-0.15, -0.1) is 0 Å². The molecule has 1 aromatic heterocycles. The number of anilines is 2. The second-order valence-electron chi connectivity index (χ2n) is 5.41. The Morgan fingerprint density at radius 3 is 2.58 bits per heavy atom. The maximum Gasteiger partial charge on any atom is 0.423 e. The summed E-state index contributed by atoms with van der Waals surface area (Å²) in [5, 5.41) is 2.92. The lowest BCUT2D eigenvalue weighted by molar-refractivity contribution is -0.139. The number of para-hydroxylation sites is 1. The summed E-state index contributed by atoms with van der Waals surface area (Å²) in [7, 11) is 0. The standard InChI is InChI=1S/C17H20F3N3O/c1-3-4-7-10-24-15-13(17(18,19)20)11-21-16(23-15)22-14-9-6-5-8-12(14)2/h5-6,8-9,11H,3-4,7,10H2,1-2H3,(H,21,22,23). The van der Waals surface area contributed by atoms with Gasteiger partial charge in [-0.25, -0.2) is 4.98 Å². The van der Waals surface area contributed by atoms with Crippen LogP contribution in [-0.4, -0.2) is 16.6 Å². The number of rotatable bonds is 7. The fraction of sp³-hybridized carbons (Fsp3) is 0.412. The minimum atomic E-state index is -4.55. The van der Waals surface area contributed by atoms with E-state index in [0.717, 1.165) is 30.3 Å². The van der Waals surface area contributed by atoms with Crippen LogP contribution in [-0.2, 0) is 6.18 Å². The van der Waals surface area contributed by atoms with Crippen molar-refractivity contribution < 1.29 is 17.9 Å². The quantitative estimate of drug-likeness (QED) is 0.712. The molecule has 0 bridgehead atoms. The van der Waals surface area contributed by atoms with Gasteiger partial charge in [0.2, 0.25) is 11.8 Å². The summed E-state index contributed by atoms with van der Waals surface area (Å²) < 4.78 is 44.5. The molecular formula is C17H20F3N3O. The molecule has 1 aromatic carbocycles. The average molecular weight is 339 g/mol. The third kappa shape index (κ3) is 4.84. The molecule has 2 aromatic rings. The van der Waals surface area contributed by atoms with Gasteiger partial charge in [-0.2, -0.15) is 18.2 Å². The molecule has 7 heteroatoms. The molecule has 0 spiro atoms. The van der Waals surface area contributed by atoms with E-state index in [-0.39, 0.29) is 12.6 Å². The normalized spacial score (nSPS) is 11.4. The highest BCUT2D eigenvalue weighted by atomic mass is 19.4. The molecule has 0 unspecified atom stereocenters. The van der Waals surface area contributed by atoms with Crippen molar-refractivity contribution in [1.29, 1.82) is 0 Å². The number of aromatic nitrogens is 2. The van der Waals surface area contributed by atoms with Gasteiger partial charge in [0.25, 0.3) is 0 Å². The van der Waals surface area contributed by atoms with Crippen LogP contribution in [0.5, 0.6) is 5.88 Å². The summed E-state index contributed by atoms with van der Waals surface area (Å²) in [6.45, 7) is 4.09. The summed E-state index contributed by atoms with van der Waals surface area (Å²) in [6.07, 6.45) is -1.28. The van der Waals surface area contributed by atoms with E-state index in [1.165, 1.54) is 0 Å². The molecule has 0 amide bonds. The number of ether oxygens (including phenoxy) is 1. The van der Waals surface area contributed by atoms with Gasteiger partial charge in [0, 0.05) is 11.9 Å². The summed E-state index contributed by atoms with van der Waals surface area (Å²) in [5.41, 5.74) is 0.704. The van der Waals surface area contributed by atoms with E-state index in [0.29, 0.717) is 6.42 Å². The van der Waals surface area contributed by atoms with Gasteiger partial charge in [-0.05, 0) is 25.0 Å². The van der Waals surface area contributed by atoms with E-state index in [1.807, 2.05) is 32.0 Å². The predicted octanol–water partition coefficient (Wildman–Crippen LogP) is 5.12. The van der Waals surface area contributed by atoms with Crippen LogP contribution in [0.25, 0.3) is 0 Å². The number of halogens is 3. The Morgan fingerprint density at radius 2 is 1.92 bits per heavy atom. The summed E-state index contributed by atoms with van der Waals surface area (Å²) in [6, 6.07) is 7.38. The van der Waals surface area contributed by atoms with Crippen LogP contribution >= 0.6 is 0 Å². The monoisotopic (exact) mass is 339 g/mol. The molecule has 4 nitrogen and oxygen atoms in total. The molecule has 0 aliphatic heterocycles. The highest BCUT2D eigenvalue weighted by Crippen LogP contribution is 2.35. The van der Waals surface area contributed by atoms with E-state index in [2.05, 4.69) is 15.3 Å². The van der Waals surface area contributed by atoms with Crippen LogP contribution in [0.3, 0.4) is 0 Å². The third-order valence-electron chi connectivity index (χ3n) is 3.44. The van der Waals surface area contributed by atoms with Crippen LogP contribution in [0.15, 0.2) is 30.5 Å². The summed E-state index contributed by atoms with van der Waals surface area (Å²) >= 11 is 0. The zero-order chi connectivity index (χ0) is 17.6. The van der Waals surface area contributed by atoms with E-state index in [4.69, 9.17) is 4.74 Å². The number of hydrogen-bond acceptors (Lipinski definition) is 4. The highest BCUT2D eigenvalue weighted by Gasteiger charge is 2.36. The molecule has 2 rings (SSSR count). The Bertz CT molecular complexity index is 674. The first-order valence-corrected chi connectivity index (χ1v) is 7.81. The Morgan fingerprint density at radius 1 is 1.17 bits per heavy atom. The topological polar surface area (TPSA) is 47.0 Å². The Labute approximate surface area is 139 Å². The molecule has 130 valence electrons. The lowest BCUT2D eigenvalue weighted by Gasteiger charge is -2.14. The number of benzene rings is 1. The largest absolute Gasteiger partial charge is 0.477 e. The molecule has 0 atom stereocenters. The number of nitrogens with one attached hydrogen (secondary N) is 1. The third-order valence-corrected chi connectivity index (χ3v) is 3.44. The minimum absolute atomic E-state index is 0.0720. The SMILES string of the molecule is CCCCCOc1nc(Nc2ccccc2C)ncc1C(F)(F)F. The molecule has 24 heavy (non-hydrogen) atoms. The summed E-state index contributed by atoms with van der Waals surface area (Å²) in [4.78, 5) is 7.67. The first-order chi connectivity index (χ1) is 11.4. The van der Waals surface area contributed by atoms with Crippen LogP contribution in [0.1, 0.15) is 37.3 Å². The van der Waals surface area contributed by atoms with Gasteiger partial charge < -0.3 is 10.1 Å². The fourth-order valence-electron chi connectivity index (χ4n) is 2.09. The van der Waals surface area contributed by atoms with E-state index in [1.54, 1.807) is 6.07 Å². The molecule has 0 aliphatic rings. The molecule has 0 saturated heterocycles. The smallest absolute Gasteiger partial charge is 0.423 e. The molecule has 0 fully saturated rings. The van der Waals surface area contributed by atoms with Gasteiger partial charge in [0.05, 0.1) is 6.61 Å². The van der Waals surface area contributed by atoms with Crippen molar-refractivity contribution in [2.24, 2.45) is 0 Å². The number of alkyl halides is 3. The van der Waals surface area contributed by atoms with Crippen molar-refractivity contribution in [3.63, 3.8) is 0 Å². The van der Waals surface area contributed by atoms with Crippen molar-refractivity contribution >= 4 is 11.6 Å². The Hall–Kier alpha value is -2.31. The average Bonchev–Trinajstić information content (AvgIpc) is 2.53. The first kappa shape index (κ1) is 18.0. The van der Waals surface area contributed by atoms with Gasteiger partial charge in [0.1, 0.15) is 5.56 Å². The van der Waals surface area contributed by atoms with Crippen molar-refractivity contribution in [2.45, 2.75) is 39.3 Å². The van der Waals surface area contributed by atoms with Crippen molar-refractivity contribution in [3.8, 4) is 5.88 Å². The molecule has 0 radical (unpaired) electrons. The van der Waals surface area contributed by atoms with Gasteiger partial charge in [-0.1, -0.05) is 38.0 Å². The number of nitrogens with zero attached hydrogens (tertiary/aromatic N) is 2. The van der Waals surface area contributed by atoms with Crippen LogP contribution < -0.4 is 10.1 Å². The molecular weight excluding hydrogens is 319 g/mol. The molecule has 1 heterocycles. The first-order valence-electron chi connectivity index (χ1n) is 7.81. The molecule has 1 N–H and O–H groups in total. The van der Waals surface area contributed by atoms with Crippen molar-refractivity contribution in [1.82, 2.24) is 9.97 Å². The van der Waals surface area contributed by atoms with Crippen LogP contribution in [0.2, 0.25) is 0 Å². The molecule has 0 saturated carbocycles. The van der Waals surface area contributed by atoms with E-state index >= 15 is 0 Å². The zero-order valence-electron chi connectivity index (χ0n) is 13.7. The fourth-order valence-corrected chi connectivity index (χ4v) is 2.09. The van der Waals surface area contributed by atoms with Gasteiger partial charge in [0.15, 0.2) is 0 Å². The second kappa shape index (κ2) is 7.99. The lowest BCUT2D eigenvalue weighted by Crippen LogP contribution is -2.13. The predicted molar refractivity (Wildman–Crippen MR) is 86.5 cm³/mol. The molecule has 0 aliphatic carbocycles. The number of hydrogen-bond donors (Lipinski definition) is 1.